The van der Waals surface area contributed by atoms with Crippen molar-refractivity contribution in [2.75, 3.05) is 7.11 Å². The fourth-order valence-corrected chi connectivity index (χ4v) is 6.21. The van der Waals surface area contributed by atoms with Crippen LogP contribution in [0.25, 0.3) is 0 Å². The molecule has 302 valence electrons. The molecule has 16 heteroatoms. The van der Waals surface area contributed by atoms with Gasteiger partial charge in [0, 0.05) is 26.7 Å². The molecule has 0 aromatic heterocycles. The van der Waals surface area contributed by atoms with E-state index in [1.807, 2.05) is 36.4 Å². The largest absolute Gasteiger partial charge is 0.478 e. The van der Waals surface area contributed by atoms with Gasteiger partial charge < -0.3 is 65.6 Å². The number of benzene rings is 6. The summed E-state index contributed by atoms with van der Waals surface area (Å²) in [6.07, 6.45) is 0. The van der Waals surface area contributed by atoms with Crippen molar-refractivity contribution < 1.29 is 48.4 Å². The van der Waals surface area contributed by atoms with Gasteiger partial charge in [0.25, 0.3) is 0 Å². The van der Waals surface area contributed by atoms with Crippen LogP contribution < -0.4 is 47.8 Å². The van der Waals surface area contributed by atoms with Gasteiger partial charge in [-0.25, -0.2) is 0 Å². The van der Waals surface area contributed by atoms with E-state index in [-0.39, 0.29) is 23.0 Å². The average molecular weight is 797 g/mol. The Kier molecular flexibility index (Phi) is 15.3. The molecule has 6 aromatic rings. The lowest BCUT2D eigenvalue weighted by atomic mass is 9.65. The maximum Gasteiger partial charge on any atom is 0.478 e. The zero-order chi connectivity index (χ0) is 41.7. The molecule has 0 spiro atoms. The van der Waals surface area contributed by atoms with Gasteiger partial charge in [-0.1, -0.05) is 54.6 Å². The molecule has 0 aliphatic rings. The predicted molar refractivity (Wildman–Crippen MR) is 228 cm³/mol. The Balaban J connectivity index is 1.36. The Morgan fingerprint density at radius 1 is 0.441 bits per heavy atom. The molecule has 59 heavy (non-hydrogen) atoms. The number of rotatable bonds is 20. The van der Waals surface area contributed by atoms with Crippen LogP contribution in [-0.2, 0) is 53.3 Å². The third-order valence-electron chi connectivity index (χ3n) is 9.47. The zero-order valence-electron chi connectivity index (χ0n) is 32.6. The molecule has 13 nitrogen and oxygen atoms in total. The highest BCUT2D eigenvalue weighted by Gasteiger charge is 2.37. The van der Waals surface area contributed by atoms with Crippen molar-refractivity contribution in [2.24, 2.45) is 17.2 Å². The van der Waals surface area contributed by atoms with E-state index < -0.39 is 34.6 Å². The second-order valence-corrected chi connectivity index (χ2v) is 13.5. The third kappa shape index (κ3) is 11.4. The van der Waals surface area contributed by atoms with Crippen LogP contribution in [0.3, 0.4) is 0 Å². The number of nitrogens with two attached hydrogens (primary N) is 3. The number of aliphatic hydroxyl groups excluding tert-OH is 2. The van der Waals surface area contributed by atoms with E-state index >= 15 is 0 Å². The van der Waals surface area contributed by atoms with E-state index in [2.05, 4.69) is 0 Å². The SMILES string of the molecule is COCc1ccc(Oc2ccc(CN)cc2)cc1B(O)OB(OB(O)c1cc(Oc2ccc(CN)cc2)ccc1CO)c1cc(Oc2ccc(CN)cc2)ccc1CO. The molecule has 0 heterocycles. The Hall–Kier alpha value is -5.49. The minimum absolute atomic E-state index is 0.116. The highest BCUT2D eigenvalue weighted by Crippen LogP contribution is 2.25. The maximum absolute atomic E-state index is 11.9. The molecule has 0 amide bonds. The van der Waals surface area contributed by atoms with Gasteiger partial charge in [-0.05, 0) is 123 Å². The van der Waals surface area contributed by atoms with Gasteiger partial charge >= 0.3 is 21.4 Å². The molecule has 0 aliphatic heterocycles. The molecule has 0 bridgehead atoms. The van der Waals surface area contributed by atoms with Crippen LogP contribution >= 0.6 is 0 Å². The van der Waals surface area contributed by atoms with Crippen molar-refractivity contribution in [3.8, 4) is 34.5 Å². The first-order valence-electron chi connectivity index (χ1n) is 18.9. The van der Waals surface area contributed by atoms with Crippen molar-refractivity contribution in [1.29, 1.82) is 0 Å². The Labute approximate surface area is 344 Å². The Morgan fingerprint density at radius 2 is 0.763 bits per heavy atom. The fraction of sp³-hybridized carbons (Fsp3) is 0.163. The van der Waals surface area contributed by atoms with Crippen LogP contribution in [0, 0.1) is 0 Å². The first kappa shape index (κ1) is 43.1. The predicted octanol–water partition coefficient (Wildman–Crippen LogP) is 3.07. The highest BCUT2D eigenvalue weighted by molar-refractivity contribution is 6.79. The van der Waals surface area contributed by atoms with Crippen LogP contribution in [0.1, 0.15) is 33.4 Å². The number of hydrogen-bond acceptors (Lipinski definition) is 13. The first-order valence-corrected chi connectivity index (χ1v) is 18.9. The van der Waals surface area contributed by atoms with Crippen molar-refractivity contribution in [3.05, 3.63) is 161 Å². The fourth-order valence-electron chi connectivity index (χ4n) is 6.21. The lowest BCUT2D eigenvalue weighted by Gasteiger charge is -2.24. The summed E-state index contributed by atoms with van der Waals surface area (Å²) in [5.74, 6) is 2.69. The van der Waals surface area contributed by atoms with E-state index in [1.54, 1.807) is 84.9 Å². The van der Waals surface area contributed by atoms with Gasteiger partial charge in [0.1, 0.15) is 34.5 Å². The Morgan fingerprint density at radius 3 is 1.12 bits per heavy atom. The third-order valence-corrected chi connectivity index (χ3v) is 9.47. The summed E-state index contributed by atoms with van der Waals surface area (Å²) < 4.78 is 36.3. The number of methoxy groups -OCH3 is 1. The van der Waals surface area contributed by atoms with Crippen LogP contribution in [0.5, 0.6) is 34.5 Å². The zero-order valence-corrected chi connectivity index (χ0v) is 32.6. The standard InChI is InChI=1S/C43H46B3N3O10/c1-54-28-34-10-19-39(56-36-13-4-30(24-48)5-14-36)21-42(34)45(53)59-46(43-22-40(18-9-33(43)27-51)57-37-15-6-31(25-49)7-16-37)58-44(52)41-20-38(17-8-32(41)26-50)55-35-11-2-29(23-47)3-12-35/h2-22,50-53H,23-28,47-49H2,1H3. The van der Waals surface area contributed by atoms with E-state index in [1.165, 1.54) is 13.2 Å². The van der Waals surface area contributed by atoms with Gasteiger partial charge in [0.15, 0.2) is 0 Å². The second-order valence-electron chi connectivity index (χ2n) is 13.5. The summed E-state index contributed by atoms with van der Waals surface area (Å²) in [6, 6.07) is 36.5. The molecule has 0 unspecified atom stereocenters. The van der Waals surface area contributed by atoms with Gasteiger partial charge in [-0.15, -0.1) is 0 Å². The minimum Gasteiger partial charge on any atom is -0.457 e. The summed E-state index contributed by atoms with van der Waals surface area (Å²) >= 11 is 0. The summed E-state index contributed by atoms with van der Waals surface area (Å²) in [5.41, 5.74) is 22.0. The number of aliphatic hydroxyl groups is 2. The molecular weight excluding hydrogens is 751 g/mol. The quantitative estimate of drug-likeness (QED) is 0.0554. The van der Waals surface area contributed by atoms with Crippen molar-refractivity contribution >= 4 is 37.7 Å². The van der Waals surface area contributed by atoms with Gasteiger partial charge in [0.05, 0.1) is 19.8 Å². The molecule has 0 fully saturated rings. The van der Waals surface area contributed by atoms with Crippen LogP contribution in [0.2, 0.25) is 0 Å². The van der Waals surface area contributed by atoms with E-state index in [0.717, 1.165) is 16.7 Å². The topological polar surface area (TPSA) is 214 Å². The van der Waals surface area contributed by atoms with Crippen LogP contribution in [-0.4, -0.2) is 48.7 Å². The molecule has 0 aliphatic carbocycles. The number of hydrogen-bond donors (Lipinski definition) is 7. The van der Waals surface area contributed by atoms with Crippen molar-refractivity contribution in [2.45, 2.75) is 39.5 Å². The van der Waals surface area contributed by atoms with Crippen molar-refractivity contribution in [3.63, 3.8) is 0 Å². The molecule has 0 radical (unpaired) electrons. The Bertz CT molecular complexity index is 2270. The summed E-state index contributed by atoms with van der Waals surface area (Å²) in [4.78, 5) is 0. The minimum atomic E-state index is -1.75. The molecule has 0 atom stereocenters. The smallest absolute Gasteiger partial charge is 0.457 e. The molecule has 0 saturated heterocycles. The van der Waals surface area contributed by atoms with E-state index in [0.29, 0.717) is 70.8 Å². The molecule has 6 rings (SSSR count). The summed E-state index contributed by atoms with van der Waals surface area (Å²) in [6.45, 7) is 0.358. The van der Waals surface area contributed by atoms with E-state index in [9.17, 15) is 20.3 Å². The first-order chi connectivity index (χ1) is 28.7. The van der Waals surface area contributed by atoms with Gasteiger partial charge in [0.2, 0.25) is 0 Å². The van der Waals surface area contributed by atoms with Crippen molar-refractivity contribution in [1.82, 2.24) is 0 Å². The molecular formula is C43H46B3N3O10. The lowest BCUT2D eigenvalue weighted by molar-refractivity contribution is 0.185. The molecule has 6 aromatic carbocycles. The lowest BCUT2D eigenvalue weighted by Crippen LogP contribution is -2.53. The van der Waals surface area contributed by atoms with E-state index in [4.69, 9.17) is 45.3 Å². The summed E-state index contributed by atoms with van der Waals surface area (Å²) in [5, 5.41) is 44.5. The maximum atomic E-state index is 11.9. The average Bonchev–Trinajstić information content (AvgIpc) is 3.27. The molecule has 10 N–H and O–H groups in total. The normalized spacial score (nSPS) is 11.0. The number of ether oxygens (including phenoxy) is 4. The monoisotopic (exact) mass is 797 g/mol. The second kappa shape index (κ2) is 21.0. The summed E-state index contributed by atoms with van der Waals surface area (Å²) in [7, 11) is -3.46. The van der Waals surface area contributed by atoms with Gasteiger partial charge in [-0.3, -0.25) is 0 Å². The van der Waals surface area contributed by atoms with Gasteiger partial charge in [-0.2, -0.15) is 0 Å². The van der Waals surface area contributed by atoms with Crippen LogP contribution in [0.4, 0.5) is 0 Å². The highest BCUT2D eigenvalue weighted by atomic mass is 16.6. The van der Waals surface area contributed by atoms with Crippen LogP contribution in [0.15, 0.2) is 127 Å². The molecule has 0 saturated carbocycles.